The summed E-state index contributed by atoms with van der Waals surface area (Å²) in [6.07, 6.45) is 46.9. The van der Waals surface area contributed by atoms with Crippen molar-refractivity contribution in [3.63, 3.8) is 0 Å². The number of rotatable bonds is 19. The zero-order chi connectivity index (χ0) is 87.2. The average Bonchev–Trinajstić information content (AvgIpc) is 1.46. The van der Waals surface area contributed by atoms with Gasteiger partial charge in [0.2, 0.25) is 0 Å². The number of benzene rings is 3. The van der Waals surface area contributed by atoms with E-state index in [0.29, 0.717) is 106 Å². The monoisotopic (exact) mass is 1650 g/mol. The number of esters is 3. The van der Waals surface area contributed by atoms with Gasteiger partial charge in [-0.05, 0) is 400 Å². The lowest BCUT2D eigenvalue weighted by molar-refractivity contribution is -0.200. The molecule has 0 aliphatic heterocycles. The summed E-state index contributed by atoms with van der Waals surface area (Å²) in [4.78, 5) is 39.3. The van der Waals surface area contributed by atoms with E-state index in [1.54, 1.807) is 54.6 Å². The molecule has 12 nitrogen and oxygen atoms in total. The molecular weight excluding hydrogens is 1480 g/mol. The molecule has 0 heterocycles. The molecule has 11 saturated carbocycles. The van der Waals surface area contributed by atoms with Crippen LogP contribution >= 0.6 is 0 Å². The molecule has 15 rings (SSSR count). The van der Waals surface area contributed by atoms with Crippen molar-refractivity contribution in [1.29, 1.82) is 0 Å². The molecular formula is C108H168N6O6. The number of fused-ring (bicyclic) bond motifs is 15. The van der Waals surface area contributed by atoms with Gasteiger partial charge in [-0.25, -0.2) is 14.4 Å². The Bertz CT molecular complexity index is 4240. The molecule has 0 saturated heterocycles. The molecule has 12 aliphatic rings. The van der Waals surface area contributed by atoms with Crippen molar-refractivity contribution < 1.29 is 28.6 Å². The molecule has 12 aliphatic carbocycles. The molecule has 3 aromatic rings. The summed E-state index contributed by atoms with van der Waals surface area (Å²) in [7, 11) is 0. The first kappa shape index (κ1) is 91.8. The highest BCUT2D eigenvalue weighted by molar-refractivity contribution is 5.96. The summed E-state index contributed by atoms with van der Waals surface area (Å²) in [5, 5.41) is 0. The molecule has 12 N–H and O–H groups in total. The van der Waals surface area contributed by atoms with Crippen LogP contribution in [0.3, 0.4) is 0 Å². The summed E-state index contributed by atoms with van der Waals surface area (Å²) < 4.78 is 18.5. The van der Waals surface area contributed by atoms with Gasteiger partial charge in [-0.3, -0.25) is 0 Å². The van der Waals surface area contributed by atoms with Gasteiger partial charge in [-0.15, -0.1) is 0 Å². The minimum absolute atomic E-state index is 0.00508. The van der Waals surface area contributed by atoms with E-state index < -0.39 is 0 Å². The van der Waals surface area contributed by atoms with Gasteiger partial charge in [-0.2, -0.15) is 0 Å². The first-order valence-corrected chi connectivity index (χ1v) is 48.9. The third-order valence-corrected chi connectivity index (χ3v) is 39.3. The Morgan fingerprint density at radius 3 is 1.49 bits per heavy atom. The van der Waals surface area contributed by atoms with E-state index in [4.69, 9.17) is 48.6 Å². The van der Waals surface area contributed by atoms with Crippen LogP contribution in [0.15, 0.2) is 89.5 Å². The molecule has 666 valence electrons. The van der Waals surface area contributed by atoms with Gasteiger partial charge in [-0.1, -0.05) is 172 Å². The number of hydrogen-bond donors (Lipinski definition) is 6. The second kappa shape index (κ2) is 34.8. The molecule has 26 unspecified atom stereocenters. The summed E-state index contributed by atoms with van der Waals surface area (Å²) in [6.45, 7) is 51.8. The molecule has 0 radical (unpaired) electrons. The zero-order valence-electron chi connectivity index (χ0n) is 79.2. The van der Waals surface area contributed by atoms with E-state index >= 15 is 0 Å². The number of ether oxygens (including phenoxy) is 3. The Morgan fingerprint density at radius 1 is 0.425 bits per heavy atom. The molecule has 26 atom stereocenters. The van der Waals surface area contributed by atoms with Crippen LogP contribution in [-0.2, 0) is 14.2 Å². The number of anilines is 6. The van der Waals surface area contributed by atoms with Gasteiger partial charge in [0.1, 0.15) is 18.3 Å². The number of carbonyl (C=O) groups excluding carboxylic acids is 3. The molecule has 0 spiro atoms. The van der Waals surface area contributed by atoms with E-state index in [-0.39, 0.29) is 52.5 Å². The molecule has 11 fully saturated rings. The van der Waals surface area contributed by atoms with Crippen molar-refractivity contribution in [2.45, 2.75) is 363 Å². The highest BCUT2D eigenvalue weighted by Gasteiger charge is 2.70. The maximum Gasteiger partial charge on any atom is 0.340 e. The fourth-order valence-corrected chi connectivity index (χ4v) is 32.6. The van der Waals surface area contributed by atoms with Gasteiger partial charge in [0, 0.05) is 45.0 Å². The van der Waals surface area contributed by atoms with Crippen LogP contribution in [0.2, 0.25) is 0 Å². The molecule has 3 aromatic carbocycles. The first-order chi connectivity index (χ1) is 56.3. The van der Waals surface area contributed by atoms with Gasteiger partial charge < -0.3 is 48.6 Å². The fraction of sp³-hybridized carbons (Fsp3) is 0.750. The van der Waals surface area contributed by atoms with Crippen molar-refractivity contribution in [2.75, 3.05) is 34.4 Å². The molecule has 12 heteroatoms. The van der Waals surface area contributed by atoms with Gasteiger partial charge in [0.05, 0.1) is 16.7 Å². The van der Waals surface area contributed by atoms with E-state index in [2.05, 4.69) is 164 Å². The Labute approximate surface area is 728 Å². The maximum absolute atomic E-state index is 13.2. The number of carbonyl (C=O) groups is 3. The van der Waals surface area contributed by atoms with Crippen molar-refractivity contribution in [1.82, 2.24) is 0 Å². The summed E-state index contributed by atoms with van der Waals surface area (Å²) in [5.41, 5.74) is 47.3. The van der Waals surface area contributed by atoms with Crippen molar-refractivity contribution >= 4 is 52.0 Å². The van der Waals surface area contributed by atoms with Crippen molar-refractivity contribution in [2.24, 2.45) is 149 Å². The lowest BCUT2D eigenvalue weighted by atomic mass is 9.38. The quantitative estimate of drug-likeness (QED) is 0.0285. The zero-order valence-corrected chi connectivity index (χ0v) is 79.2. The fourth-order valence-electron chi connectivity index (χ4n) is 32.6. The second-order valence-corrected chi connectivity index (χ2v) is 47.1. The maximum atomic E-state index is 13.2. The predicted molar refractivity (Wildman–Crippen MR) is 500 cm³/mol. The number of nitrogen functional groups attached to an aromatic ring is 6. The normalized spacial score (nSPS) is 39.1. The SMILES string of the molecule is CC(C)=CCCC(C)C1CCC2(C)C3CC=C4C(C)(C)C(OC(=O)c5cc(N)cc(N)c5)CCC4(C)C3CCC12C.CC(C)=CCCC(C)C1CCC2(C)C3CCC4C(C)(C)C(OC(=O)c5cc(N)cc(N)c5)CCC4(C)C3CCC12C.CC(C)CCCC(C)C1CCC2C3CCC4CC(OC(=O)c5ccc(N)cc5N)CCC4(C)C3CCC12C. The minimum Gasteiger partial charge on any atom is -0.459 e. The van der Waals surface area contributed by atoms with E-state index in [1.165, 1.54) is 171 Å². The Balaban J connectivity index is 0.000000156. The Morgan fingerprint density at radius 2 is 0.925 bits per heavy atom. The van der Waals surface area contributed by atoms with Crippen LogP contribution < -0.4 is 34.4 Å². The number of nitrogens with two attached hydrogens (primary N) is 6. The minimum atomic E-state index is -0.323. The summed E-state index contributed by atoms with van der Waals surface area (Å²) >= 11 is 0. The van der Waals surface area contributed by atoms with E-state index in [1.807, 2.05) is 0 Å². The molecule has 120 heavy (non-hydrogen) atoms. The van der Waals surface area contributed by atoms with Crippen molar-refractivity contribution in [3.8, 4) is 0 Å². The lowest BCUT2D eigenvalue weighted by Crippen LogP contribution is -2.62. The third-order valence-electron chi connectivity index (χ3n) is 39.3. The molecule has 0 amide bonds. The average molecular weight is 1650 g/mol. The standard InChI is InChI=1S/C37H58N2O2.C37H56N2O2.C34H54N2O2/c2*1-23(2)10-9-11-24(3)28-14-18-37(8)30-12-13-31-34(4,5)32(41-33(40)25-20-26(38)22-27(39)21-25)16-17-35(31,6)29(30)15-19-36(28,37)7;1-21(2)7-6-8-22(3)28-13-14-29-26-11-9-23-19-25(38-32(37)27-12-10-24(35)20-31(27)36)15-17-33(23,4)30(26)16-18-34(28,29)5/h10,20-22,24,28-32H,9,11-19,38-39H2,1-8H3;10,13,20-22,24,28-30,32H,9,11-12,14-19,38-39H2,1-8H3;10,12,20-23,25-26,28-30H,6-9,11,13-19,35-36H2,1-5H3. The first-order valence-electron chi connectivity index (χ1n) is 48.9. The number of hydrogen-bond acceptors (Lipinski definition) is 12. The van der Waals surface area contributed by atoms with Crippen LogP contribution in [0.5, 0.6) is 0 Å². The summed E-state index contributed by atoms with van der Waals surface area (Å²) in [5.74, 6) is 11.8. The summed E-state index contributed by atoms with van der Waals surface area (Å²) in [6, 6.07) is 15.1. The Hall–Kier alpha value is -5.91. The lowest BCUT2D eigenvalue weighted by Gasteiger charge is -2.67. The van der Waals surface area contributed by atoms with E-state index in [9.17, 15) is 14.4 Å². The third kappa shape index (κ3) is 16.8. The van der Waals surface area contributed by atoms with Crippen molar-refractivity contribution in [3.05, 3.63) is 106 Å². The topological polar surface area (TPSA) is 235 Å². The highest BCUT2D eigenvalue weighted by atomic mass is 16.6. The smallest absolute Gasteiger partial charge is 0.340 e. The van der Waals surface area contributed by atoms with Gasteiger partial charge >= 0.3 is 17.9 Å². The second-order valence-electron chi connectivity index (χ2n) is 47.1. The van der Waals surface area contributed by atoms with Crippen LogP contribution in [0, 0.1) is 149 Å². The largest absolute Gasteiger partial charge is 0.459 e. The predicted octanol–water partition coefficient (Wildman–Crippen LogP) is 27.3. The highest BCUT2D eigenvalue weighted by Crippen LogP contribution is 2.77. The van der Waals surface area contributed by atoms with Crippen LogP contribution in [0.25, 0.3) is 0 Å². The molecule has 0 bridgehead atoms. The Kier molecular flexibility index (Phi) is 26.6. The van der Waals surface area contributed by atoms with Gasteiger partial charge in [0.25, 0.3) is 0 Å². The molecule has 0 aromatic heterocycles. The van der Waals surface area contributed by atoms with Crippen LogP contribution in [0.4, 0.5) is 34.1 Å². The number of allylic oxidation sites excluding steroid dienone is 5. The van der Waals surface area contributed by atoms with Crippen LogP contribution in [-0.4, -0.2) is 36.2 Å². The van der Waals surface area contributed by atoms with Crippen LogP contribution in [0.1, 0.15) is 376 Å². The van der Waals surface area contributed by atoms with Gasteiger partial charge in [0.15, 0.2) is 0 Å². The van der Waals surface area contributed by atoms with E-state index in [0.717, 1.165) is 122 Å².